The highest BCUT2D eigenvalue weighted by Crippen LogP contribution is 2.49. The summed E-state index contributed by atoms with van der Waals surface area (Å²) in [6, 6.07) is 5.00. The lowest BCUT2D eigenvalue weighted by Crippen LogP contribution is -1.99. The van der Waals surface area contributed by atoms with Gasteiger partial charge in [0.15, 0.2) is 0 Å². The molecule has 0 amide bonds. The molecule has 0 aliphatic heterocycles. The van der Waals surface area contributed by atoms with Crippen molar-refractivity contribution in [2.45, 2.75) is 118 Å². The highest BCUT2D eigenvalue weighted by atomic mass is 14.4. The van der Waals surface area contributed by atoms with Crippen LogP contribution in [0.15, 0.2) is 12.1 Å². The molecule has 2 aliphatic carbocycles. The van der Waals surface area contributed by atoms with Crippen molar-refractivity contribution in [1.29, 1.82) is 0 Å². The lowest BCUT2D eigenvalue weighted by atomic mass is 9.92. The number of aryl methyl sites for hydroxylation is 4. The molecule has 0 aromatic heterocycles. The van der Waals surface area contributed by atoms with E-state index in [-0.39, 0.29) is 0 Å². The zero-order valence-electron chi connectivity index (χ0n) is 18.1. The highest BCUT2D eigenvalue weighted by Gasteiger charge is 2.36. The predicted molar refractivity (Wildman–Crippen MR) is 115 cm³/mol. The van der Waals surface area contributed by atoms with Gasteiger partial charge in [-0.05, 0) is 111 Å². The van der Waals surface area contributed by atoms with Crippen LogP contribution in [0.2, 0.25) is 0 Å². The van der Waals surface area contributed by atoms with Crippen LogP contribution in [-0.4, -0.2) is 0 Å². The van der Waals surface area contributed by atoms with Crippen LogP contribution in [0.4, 0.5) is 0 Å². The van der Waals surface area contributed by atoms with E-state index in [2.05, 4.69) is 39.8 Å². The second-order valence-corrected chi connectivity index (χ2v) is 10.4. The van der Waals surface area contributed by atoms with E-state index in [1.165, 1.54) is 101 Å². The Bertz CT molecular complexity index is 586. The van der Waals surface area contributed by atoms with Crippen molar-refractivity contribution in [1.82, 2.24) is 0 Å². The molecule has 146 valence electrons. The standard InChI is InChI=1S/C26H42/c1-21-20-24(12-8-10-14-26(4)17-18-26)22(2)19-23(21)11-7-5-6-9-13-25(3)15-16-25/h19-20H,5-18H2,1-4H3. The van der Waals surface area contributed by atoms with Gasteiger partial charge in [-0.3, -0.25) is 0 Å². The Hall–Kier alpha value is -0.780. The van der Waals surface area contributed by atoms with Crippen molar-refractivity contribution in [2.24, 2.45) is 10.8 Å². The molecular weight excluding hydrogens is 312 g/mol. The van der Waals surface area contributed by atoms with Gasteiger partial charge in [-0.2, -0.15) is 0 Å². The maximum absolute atomic E-state index is 2.50. The quantitative estimate of drug-likeness (QED) is 0.332. The lowest BCUT2D eigenvalue weighted by Gasteiger charge is -2.13. The van der Waals surface area contributed by atoms with Crippen LogP contribution < -0.4 is 0 Å². The Morgan fingerprint density at radius 1 is 0.615 bits per heavy atom. The van der Waals surface area contributed by atoms with E-state index < -0.39 is 0 Å². The van der Waals surface area contributed by atoms with Gasteiger partial charge in [-0.1, -0.05) is 51.7 Å². The minimum atomic E-state index is 0.727. The van der Waals surface area contributed by atoms with E-state index in [4.69, 9.17) is 0 Å². The van der Waals surface area contributed by atoms with Crippen molar-refractivity contribution in [3.05, 3.63) is 34.4 Å². The summed E-state index contributed by atoms with van der Waals surface area (Å²) in [5.74, 6) is 0. The third kappa shape index (κ3) is 6.14. The molecule has 0 spiro atoms. The number of unbranched alkanes of at least 4 members (excludes halogenated alkanes) is 4. The van der Waals surface area contributed by atoms with Crippen molar-refractivity contribution in [3.63, 3.8) is 0 Å². The molecule has 26 heavy (non-hydrogen) atoms. The SMILES string of the molecule is Cc1cc(CCCCC2(C)CC2)c(C)cc1CCCCCCC1(C)CC1. The average molecular weight is 355 g/mol. The molecule has 0 heterocycles. The molecule has 1 aromatic carbocycles. The first-order valence-electron chi connectivity index (χ1n) is 11.5. The second-order valence-electron chi connectivity index (χ2n) is 10.4. The van der Waals surface area contributed by atoms with Crippen molar-refractivity contribution >= 4 is 0 Å². The van der Waals surface area contributed by atoms with Crippen LogP contribution in [0, 0.1) is 24.7 Å². The zero-order chi connectivity index (χ0) is 18.6. The Labute approximate surface area is 163 Å². The van der Waals surface area contributed by atoms with E-state index in [1.807, 2.05) is 0 Å². The van der Waals surface area contributed by atoms with Gasteiger partial charge in [0, 0.05) is 0 Å². The molecule has 0 radical (unpaired) electrons. The summed E-state index contributed by atoms with van der Waals surface area (Å²) < 4.78 is 0. The fourth-order valence-electron chi connectivity index (χ4n) is 4.49. The largest absolute Gasteiger partial charge is 0.0596 e. The molecule has 0 nitrogen and oxygen atoms in total. The van der Waals surface area contributed by atoms with Crippen LogP contribution in [0.25, 0.3) is 0 Å². The monoisotopic (exact) mass is 354 g/mol. The summed E-state index contributed by atoms with van der Waals surface area (Å²) in [4.78, 5) is 0. The second kappa shape index (κ2) is 8.49. The minimum absolute atomic E-state index is 0.727. The fourth-order valence-corrected chi connectivity index (χ4v) is 4.49. The molecule has 0 saturated heterocycles. The molecule has 2 saturated carbocycles. The normalized spacial score (nSPS) is 19.5. The third-order valence-electron chi connectivity index (χ3n) is 7.45. The van der Waals surface area contributed by atoms with Gasteiger partial charge in [-0.15, -0.1) is 0 Å². The van der Waals surface area contributed by atoms with Gasteiger partial charge in [0.1, 0.15) is 0 Å². The Morgan fingerprint density at radius 2 is 1.00 bits per heavy atom. The van der Waals surface area contributed by atoms with Crippen LogP contribution >= 0.6 is 0 Å². The third-order valence-corrected chi connectivity index (χ3v) is 7.45. The van der Waals surface area contributed by atoms with Crippen LogP contribution in [0.1, 0.15) is 113 Å². The lowest BCUT2D eigenvalue weighted by molar-refractivity contribution is 0.471. The summed E-state index contributed by atoms with van der Waals surface area (Å²) in [6.07, 6.45) is 19.8. The molecule has 2 fully saturated rings. The number of rotatable bonds is 12. The smallest absolute Gasteiger partial charge is 0.0276 e. The summed E-state index contributed by atoms with van der Waals surface area (Å²) in [5.41, 5.74) is 7.75. The molecule has 0 atom stereocenters. The number of hydrogen-bond donors (Lipinski definition) is 0. The summed E-state index contributed by atoms with van der Waals surface area (Å²) in [5, 5.41) is 0. The van der Waals surface area contributed by atoms with Crippen LogP contribution in [0.5, 0.6) is 0 Å². The molecule has 0 heteroatoms. The Balaban J connectivity index is 1.35. The maximum Gasteiger partial charge on any atom is -0.0276 e. The first-order valence-corrected chi connectivity index (χ1v) is 11.5. The van der Waals surface area contributed by atoms with Gasteiger partial charge in [0.2, 0.25) is 0 Å². The van der Waals surface area contributed by atoms with Gasteiger partial charge in [0.05, 0.1) is 0 Å². The first kappa shape index (κ1) is 20.0. The van der Waals surface area contributed by atoms with Crippen LogP contribution in [-0.2, 0) is 12.8 Å². The minimum Gasteiger partial charge on any atom is -0.0596 e. The molecule has 3 rings (SSSR count). The first-order chi connectivity index (χ1) is 12.4. The zero-order valence-corrected chi connectivity index (χ0v) is 18.1. The molecule has 0 unspecified atom stereocenters. The molecular formula is C26H42. The Morgan fingerprint density at radius 3 is 1.46 bits per heavy atom. The van der Waals surface area contributed by atoms with Crippen molar-refractivity contribution in [2.75, 3.05) is 0 Å². The molecule has 0 N–H and O–H groups in total. The predicted octanol–water partition coefficient (Wildman–Crippen LogP) is 8.11. The van der Waals surface area contributed by atoms with E-state index in [1.54, 1.807) is 11.1 Å². The van der Waals surface area contributed by atoms with E-state index in [9.17, 15) is 0 Å². The van der Waals surface area contributed by atoms with Crippen molar-refractivity contribution in [3.8, 4) is 0 Å². The number of benzene rings is 1. The highest BCUT2D eigenvalue weighted by molar-refractivity contribution is 5.37. The van der Waals surface area contributed by atoms with E-state index in [0.717, 1.165) is 10.8 Å². The number of hydrogen-bond acceptors (Lipinski definition) is 0. The van der Waals surface area contributed by atoms with E-state index >= 15 is 0 Å². The topological polar surface area (TPSA) is 0 Å². The van der Waals surface area contributed by atoms with Gasteiger partial charge in [0.25, 0.3) is 0 Å². The fraction of sp³-hybridized carbons (Fsp3) is 0.769. The van der Waals surface area contributed by atoms with Gasteiger partial charge >= 0.3 is 0 Å². The summed E-state index contributed by atoms with van der Waals surface area (Å²) in [6.45, 7) is 9.59. The van der Waals surface area contributed by atoms with Crippen LogP contribution in [0.3, 0.4) is 0 Å². The average Bonchev–Trinajstić information content (AvgIpc) is 3.51. The van der Waals surface area contributed by atoms with Gasteiger partial charge in [-0.25, -0.2) is 0 Å². The maximum atomic E-state index is 2.50. The molecule has 0 bridgehead atoms. The summed E-state index contributed by atoms with van der Waals surface area (Å²) in [7, 11) is 0. The van der Waals surface area contributed by atoms with Crippen molar-refractivity contribution < 1.29 is 0 Å². The molecule has 1 aromatic rings. The van der Waals surface area contributed by atoms with Gasteiger partial charge < -0.3 is 0 Å². The Kier molecular flexibility index (Phi) is 6.52. The summed E-state index contributed by atoms with van der Waals surface area (Å²) >= 11 is 0. The molecule has 2 aliphatic rings. The van der Waals surface area contributed by atoms with E-state index in [0.29, 0.717) is 0 Å².